The Morgan fingerprint density at radius 2 is 2.31 bits per heavy atom. The van der Waals surface area contributed by atoms with E-state index in [9.17, 15) is 0 Å². The van der Waals surface area contributed by atoms with Crippen molar-refractivity contribution in [1.82, 2.24) is 9.97 Å². The maximum Gasteiger partial charge on any atom is 0.242 e. The minimum atomic E-state index is 0.0320. The van der Waals surface area contributed by atoms with Gasteiger partial charge in [0.2, 0.25) is 5.88 Å². The van der Waals surface area contributed by atoms with E-state index in [0.717, 1.165) is 13.0 Å². The highest BCUT2D eigenvalue weighted by Gasteiger charge is 2.20. The van der Waals surface area contributed by atoms with Crippen LogP contribution < -0.4 is 15.5 Å². The van der Waals surface area contributed by atoms with Crippen LogP contribution in [0.3, 0.4) is 0 Å². The molecule has 1 saturated heterocycles. The summed E-state index contributed by atoms with van der Waals surface area (Å²) in [6.45, 7) is 5.34. The average Bonchev–Trinajstić information content (AvgIpc) is 2.73. The maximum atomic E-state index is 5.94. The lowest BCUT2D eigenvalue weighted by Crippen LogP contribution is -2.20. The molecule has 1 aliphatic rings. The number of nitrogens with two attached hydrogens (primary N) is 1. The zero-order valence-electron chi connectivity index (χ0n) is 9.51. The topological polar surface area (TPSA) is 73.5 Å². The average molecular weight is 224 g/mol. The predicted octanol–water partition coefficient (Wildman–Crippen LogP) is 0.988. The van der Waals surface area contributed by atoms with E-state index in [2.05, 4.69) is 9.97 Å². The molecule has 1 fully saturated rings. The van der Waals surface area contributed by atoms with Crippen molar-refractivity contribution in [2.75, 3.05) is 23.9 Å². The van der Waals surface area contributed by atoms with Crippen LogP contribution in [0.4, 0.5) is 11.5 Å². The number of ether oxygens (including phenoxy) is 1. The standard InChI is InChI=1S/C10H16N4O2/c1-7(2)16-10-8(11)9(12-6-13-10)14-4-3-5-15-14/h6-7H,3-5,11H2,1-2H3. The molecule has 0 aromatic carbocycles. The quantitative estimate of drug-likeness (QED) is 0.825. The highest BCUT2D eigenvalue weighted by atomic mass is 16.7. The highest BCUT2D eigenvalue weighted by Crippen LogP contribution is 2.30. The number of nitrogen functional groups attached to an aromatic ring is 1. The van der Waals surface area contributed by atoms with Crippen LogP contribution in [0.5, 0.6) is 5.88 Å². The fraction of sp³-hybridized carbons (Fsp3) is 0.600. The Morgan fingerprint density at radius 3 is 2.94 bits per heavy atom. The van der Waals surface area contributed by atoms with Gasteiger partial charge in [-0.05, 0) is 20.3 Å². The van der Waals surface area contributed by atoms with Gasteiger partial charge in [-0.25, -0.2) is 10.0 Å². The normalized spacial score (nSPS) is 15.8. The molecule has 6 heteroatoms. The fourth-order valence-corrected chi connectivity index (χ4v) is 1.50. The Kier molecular flexibility index (Phi) is 3.09. The zero-order valence-corrected chi connectivity index (χ0v) is 9.51. The summed E-state index contributed by atoms with van der Waals surface area (Å²) in [5.74, 6) is 0.999. The third-order valence-electron chi connectivity index (χ3n) is 2.16. The van der Waals surface area contributed by atoms with Crippen molar-refractivity contribution in [2.24, 2.45) is 0 Å². The van der Waals surface area contributed by atoms with Crippen molar-refractivity contribution < 1.29 is 9.57 Å². The zero-order chi connectivity index (χ0) is 11.5. The number of hydrogen-bond donors (Lipinski definition) is 1. The minimum absolute atomic E-state index is 0.0320. The molecule has 2 rings (SSSR count). The van der Waals surface area contributed by atoms with Gasteiger partial charge in [-0.1, -0.05) is 0 Å². The molecule has 2 heterocycles. The molecule has 1 aliphatic heterocycles. The minimum Gasteiger partial charge on any atom is -0.473 e. The summed E-state index contributed by atoms with van der Waals surface area (Å²) >= 11 is 0. The van der Waals surface area contributed by atoms with Gasteiger partial charge in [0.05, 0.1) is 12.7 Å². The van der Waals surface area contributed by atoms with Crippen molar-refractivity contribution in [3.05, 3.63) is 6.33 Å². The molecule has 2 N–H and O–H groups in total. The number of hydrogen-bond acceptors (Lipinski definition) is 6. The summed E-state index contributed by atoms with van der Waals surface area (Å²) < 4.78 is 5.49. The van der Waals surface area contributed by atoms with Crippen molar-refractivity contribution in [3.8, 4) is 5.88 Å². The second kappa shape index (κ2) is 4.52. The first kappa shape index (κ1) is 10.9. The molecular weight excluding hydrogens is 208 g/mol. The third-order valence-corrected chi connectivity index (χ3v) is 2.16. The van der Waals surface area contributed by atoms with Crippen molar-refractivity contribution >= 4 is 11.5 Å². The van der Waals surface area contributed by atoms with E-state index in [1.807, 2.05) is 13.8 Å². The molecule has 0 unspecified atom stereocenters. The van der Waals surface area contributed by atoms with Crippen LogP contribution in [0.2, 0.25) is 0 Å². The molecule has 16 heavy (non-hydrogen) atoms. The van der Waals surface area contributed by atoms with E-state index in [1.54, 1.807) is 5.06 Å². The summed E-state index contributed by atoms with van der Waals surface area (Å²) in [5, 5.41) is 1.68. The van der Waals surface area contributed by atoms with Gasteiger partial charge in [-0.3, -0.25) is 4.84 Å². The first-order valence-corrected chi connectivity index (χ1v) is 5.36. The van der Waals surface area contributed by atoms with Crippen LogP contribution in [0.15, 0.2) is 6.33 Å². The highest BCUT2D eigenvalue weighted by molar-refractivity contribution is 5.66. The van der Waals surface area contributed by atoms with Crippen LogP contribution in [0, 0.1) is 0 Å². The van der Waals surface area contributed by atoms with Crippen molar-refractivity contribution in [3.63, 3.8) is 0 Å². The Labute approximate surface area is 94.3 Å². The van der Waals surface area contributed by atoms with E-state index in [1.165, 1.54) is 6.33 Å². The molecule has 0 bridgehead atoms. The van der Waals surface area contributed by atoms with E-state index in [4.69, 9.17) is 15.3 Å². The van der Waals surface area contributed by atoms with E-state index in [0.29, 0.717) is 24.0 Å². The van der Waals surface area contributed by atoms with Crippen LogP contribution >= 0.6 is 0 Å². The molecule has 6 nitrogen and oxygen atoms in total. The van der Waals surface area contributed by atoms with Gasteiger partial charge in [-0.2, -0.15) is 4.98 Å². The maximum absolute atomic E-state index is 5.94. The third kappa shape index (κ3) is 2.16. The fourth-order valence-electron chi connectivity index (χ4n) is 1.50. The van der Waals surface area contributed by atoms with Gasteiger partial charge in [0.1, 0.15) is 12.0 Å². The molecular formula is C10H16N4O2. The molecule has 0 radical (unpaired) electrons. The molecule has 0 amide bonds. The van der Waals surface area contributed by atoms with Crippen LogP contribution in [-0.2, 0) is 4.84 Å². The Hall–Kier alpha value is -1.56. The summed E-state index contributed by atoms with van der Waals surface area (Å²) in [6, 6.07) is 0. The number of aromatic nitrogens is 2. The molecule has 0 atom stereocenters. The summed E-state index contributed by atoms with van der Waals surface area (Å²) in [5.41, 5.74) is 6.37. The van der Waals surface area contributed by atoms with Gasteiger partial charge in [-0.15, -0.1) is 0 Å². The van der Waals surface area contributed by atoms with Crippen molar-refractivity contribution in [2.45, 2.75) is 26.4 Å². The van der Waals surface area contributed by atoms with Crippen LogP contribution in [0.25, 0.3) is 0 Å². The second-order valence-corrected chi connectivity index (χ2v) is 3.87. The van der Waals surface area contributed by atoms with E-state index >= 15 is 0 Å². The Morgan fingerprint density at radius 1 is 1.50 bits per heavy atom. The number of rotatable bonds is 3. The molecule has 88 valence electrons. The van der Waals surface area contributed by atoms with Crippen molar-refractivity contribution in [1.29, 1.82) is 0 Å². The molecule has 1 aromatic heterocycles. The molecule has 0 saturated carbocycles. The van der Waals surface area contributed by atoms with Gasteiger partial charge >= 0.3 is 0 Å². The lowest BCUT2D eigenvalue weighted by Gasteiger charge is -2.18. The number of hydroxylamine groups is 1. The van der Waals surface area contributed by atoms with Gasteiger partial charge in [0, 0.05) is 6.54 Å². The second-order valence-electron chi connectivity index (χ2n) is 3.87. The number of anilines is 2. The van der Waals surface area contributed by atoms with Gasteiger partial charge in [0.15, 0.2) is 5.82 Å². The molecule has 0 spiro atoms. The van der Waals surface area contributed by atoms with E-state index in [-0.39, 0.29) is 6.10 Å². The lowest BCUT2D eigenvalue weighted by molar-refractivity contribution is 0.166. The Bertz CT molecular complexity index is 364. The SMILES string of the molecule is CC(C)Oc1ncnc(N2CCCO2)c1N. The smallest absolute Gasteiger partial charge is 0.242 e. The van der Waals surface area contributed by atoms with Crippen LogP contribution in [0.1, 0.15) is 20.3 Å². The first-order valence-electron chi connectivity index (χ1n) is 5.36. The monoisotopic (exact) mass is 224 g/mol. The van der Waals surface area contributed by atoms with Gasteiger partial charge in [0.25, 0.3) is 0 Å². The predicted molar refractivity (Wildman–Crippen MR) is 60.1 cm³/mol. The summed E-state index contributed by atoms with van der Waals surface area (Å²) in [7, 11) is 0. The number of nitrogens with zero attached hydrogens (tertiary/aromatic N) is 3. The molecule has 0 aliphatic carbocycles. The largest absolute Gasteiger partial charge is 0.473 e. The van der Waals surface area contributed by atoms with Gasteiger partial charge < -0.3 is 10.5 Å². The van der Waals surface area contributed by atoms with E-state index < -0.39 is 0 Å². The summed E-state index contributed by atoms with van der Waals surface area (Å²) in [6.07, 6.45) is 2.44. The summed E-state index contributed by atoms with van der Waals surface area (Å²) in [4.78, 5) is 13.5. The molecule has 1 aromatic rings. The lowest BCUT2D eigenvalue weighted by atomic mass is 10.4. The first-order chi connectivity index (χ1) is 7.68. The van der Waals surface area contributed by atoms with Crippen LogP contribution in [-0.4, -0.2) is 29.2 Å². The Balaban J connectivity index is 2.24.